The summed E-state index contributed by atoms with van der Waals surface area (Å²) in [7, 11) is 3.03. The molecule has 2 aromatic rings. The second-order valence-electron chi connectivity index (χ2n) is 7.96. The zero-order valence-corrected chi connectivity index (χ0v) is 18.6. The van der Waals surface area contributed by atoms with Crippen LogP contribution in [-0.4, -0.2) is 25.9 Å². The van der Waals surface area contributed by atoms with Gasteiger partial charge in [-0.05, 0) is 49.6 Å². The van der Waals surface area contributed by atoms with Gasteiger partial charge in [0.1, 0.15) is 11.6 Å². The van der Waals surface area contributed by atoms with Crippen molar-refractivity contribution in [1.29, 1.82) is 0 Å². The number of nitrogens with one attached hydrogen (secondary N) is 2. The van der Waals surface area contributed by atoms with E-state index in [0.717, 1.165) is 24.3 Å². The number of halogens is 2. The average molecular weight is 454 g/mol. The van der Waals surface area contributed by atoms with Gasteiger partial charge in [-0.1, -0.05) is 6.07 Å². The number of carbonyl (C=O) groups is 2. The number of Topliss-reactive ketones (excluding diaryl/α,β-unsaturated/α-hetero) is 1. The van der Waals surface area contributed by atoms with Crippen molar-refractivity contribution in [3.63, 3.8) is 0 Å². The van der Waals surface area contributed by atoms with Gasteiger partial charge in [-0.3, -0.25) is 9.59 Å². The number of methoxy groups -OCH3 is 2. The van der Waals surface area contributed by atoms with E-state index in [4.69, 9.17) is 9.47 Å². The molecule has 2 N–H and O–H groups in total. The van der Waals surface area contributed by atoms with Crippen molar-refractivity contribution in [1.82, 2.24) is 5.32 Å². The fraction of sp³-hybridized carbons (Fsp3) is 0.280. The molecule has 8 heteroatoms. The molecule has 0 aromatic heterocycles. The molecule has 6 nitrogen and oxygen atoms in total. The number of allylic oxidation sites excluding steroid dienone is 3. The summed E-state index contributed by atoms with van der Waals surface area (Å²) < 4.78 is 38.3. The molecule has 0 saturated carbocycles. The van der Waals surface area contributed by atoms with Crippen LogP contribution in [0.4, 0.5) is 14.5 Å². The van der Waals surface area contributed by atoms with Crippen molar-refractivity contribution >= 4 is 17.4 Å². The molecular weight excluding hydrogens is 430 g/mol. The van der Waals surface area contributed by atoms with Crippen molar-refractivity contribution in [2.24, 2.45) is 0 Å². The number of amides is 1. The summed E-state index contributed by atoms with van der Waals surface area (Å²) in [5, 5.41) is 5.74. The number of benzene rings is 2. The van der Waals surface area contributed by atoms with Crippen molar-refractivity contribution in [2.75, 3.05) is 19.5 Å². The van der Waals surface area contributed by atoms with Crippen LogP contribution < -0.4 is 20.1 Å². The second kappa shape index (κ2) is 9.05. The van der Waals surface area contributed by atoms with Gasteiger partial charge in [-0.2, -0.15) is 0 Å². The highest BCUT2D eigenvalue weighted by atomic mass is 19.1. The first kappa shape index (κ1) is 22.5. The molecule has 2 aliphatic rings. The molecule has 1 unspecified atom stereocenters. The average Bonchev–Trinajstić information content (AvgIpc) is 2.79. The standard InChI is InChI=1S/C25H24F2N2O4/c1-13-22(25(31)29-17-9-8-15(26)12-16(17)27)23(24-18(28-13)5-4-6-19(24)30)14-7-10-20(32-2)21(11-14)33-3/h7-12,23,28H,4-6H2,1-3H3,(H,29,31). The van der Waals surface area contributed by atoms with E-state index in [1.165, 1.54) is 14.2 Å². The van der Waals surface area contributed by atoms with Crippen LogP contribution in [0, 0.1) is 11.6 Å². The first-order chi connectivity index (χ1) is 15.8. The summed E-state index contributed by atoms with van der Waals surface area (Å²) in [6.45, 7) is 1.74. The molecule has 1 aliphatic carbocycles. The smallest absolute Gasteiger partial charge is 0.254 e. The van der Waals surface area contributed by atoms with Crippen molar-refractivity contribution in [3.8, 4) is 11.5 Å². The van der Waals surface area contributed by atoms with Crippen LogP contribution in [-0.2, 0) is 9.59 Å². The Kier molecular flexibility index (Phi) is 6.18. The van der Waals surface area contributed by atoms with E-state index < -0.39 is 23.5 Å². The zero-order chi connectivity index (χ0) is 23.7. The van der Waals surface area contributed by atoms with Crippen molar-refractivity contribution in [3.05, 3.63) is 76.1 Å². The van der Waals surface area contributed by atoms with Gasteiger partial charge >= 0.3 is 0 Å². The summed E-state index contributed by atoms with van der Waals surface area (Å²) in [6.07, 6.45) is 1.79. The number of ether oxygens (including phenoxy) is 2. The van der Waals surface area contributed by atoms with E-state index in [-0.39, 0.29) is 17.0 Å². The Morgan fingerprint density at radius 3 is 2.52 bits per heavy atom. The number of dihydropyridines is 1. The number of anilines is 1. The molecule has 172 valence electrons. The Morgan fingerprint density at radius 1 is 1.06 bits per heavy atom. The second-order valence-corrected chi connectivity index (χ2v) is 7.96. The van der Waals surface area contributed by atoms with Crippen LogP contribution in [0.5, 0.6) is 11.5 Å². The van der Waals surface area contributed by atoms with Gasteiger partial charge in [0.15, 0.2) is 17.3 Å². The van der Waals surface area contributed by atoms with Crippen LogP contribution in [0.2, 0.25) is 0 Å². The molecule has 0 spiro atoms. The normalized spacial score (nSPS) is 18.0. The van der Waals surface area contributed by atoms with Gasteiger partial charge in [0.25, 0.3) is 5.91 Å². The first-order valence-electron chi connectivity index (χ1n) is 10.6. The Hall–Kier alpha value is -3.68. The van der Waals surface area contributed by atoms with Crippen LogP contribution in [0.15, 0.2) is 58.9 Å². The fourth-order valence-corrected chi connectivity index (χ4v) is 4.43. The van der Waals surface area contributed by atoms with E-state index in [0.29, 0.717) is 47.2 Å². The molecule has 1 heterocycles. The lowest BCUT2D eigenvalue weighted by Crippen LogP contribution is -2.35. The van der Waals surface area contributed by atoms with Gasteiger partial charge in [0, 0.05) is 40.9 Å². The molecule has 0 radical (unpaired) electrons. The Labute approximate surface area is 190 Å². The molecular formula is C25H24F2N2O4. The highest BCUT2D eigenvalue weighted by Gasteiger charge is 2.39. The number of hydrogen-bond donors (Lipinski definition) is 2. The molecule has 1 amide bonds. The fourth-order valence-electron chi connectivity index (χ4n) is 4.43. The monoisotopic (exact) mass is 454 g/mol. The minimum absolute atomic E-state index is 0.0469. The lowest BCUT2D eigenvalue weighted by atomic mass is 9.75. The lowest BCUT2D eigenvalue weighted by Gasteiger charge is -2.34. The molecule has 1 atom stereocenters. The topological polar surface area (TPSA) is 76.7 Å². The quantitative estimate of drug-likeness (QED) is 0.691. The van der Waals surface area contributed by atoms with E-state index in [1.54, 1.807) is 25.1 Å². The third-order valence-electron chi connectivity index (χ3n) is 5.94. The number of carbonyl (C=O) groups excluding carboxylic acids is 2. The predicted octanol–water partition coefficient (Wildman–Crippen LogP) is 4.59. The van der Waals surface area contributed by atoms with Crippen molar-refractivity contribution in [2.45, 2.75) is 32.1 Å². The first-order valence-corrected chi connectivity index (χ1v) is 10.6. The molecule has 0 bridgehead atoms. The molecule has 1 aliphatic heterocycles. The Bertz CT molecular complexity index is 1200. The SMILES string of the molecule is COc1ccc(C2C(C(=O)Nc3ccc(F)cc3F)=C(C)NC3=C2C(=O)CCC3)cc1OC. The third kappa shape index (κ3) is 4.20. The van der Waals surface area contributed by atoms with Gasteiger partial charge in [0.2, 0.25) is 0 Å². The molecule has 2 aromatic carbocycles. The van der Waals surface area contributed by atoms with Crippen LogP contribution in [0.3, 0.4) is 0 Å². The summed E-state index contributed by atoms with van der Waals surface area (Å²) in [5.41, 5.74) is 2.66. The summed E-state index contributed by atoms with van der Waals surface area (Å²) in [6, 6.07) is 8.16. The maximum atomic E-state index is 14.2. The van der Waals surface area contributed by atoms with Crippen LogP contribution >= 0.6 is 0 Å². The van der Waals surface area contributed by atoms with Gasteiger partial charge in [0.05, 0.1) is 19.9 Å². The third-order valence-corrected chi connectivity index (χ3v) is 5.94. The molecule has 33 heavy (non-hydrogen) atoms. The van der Waals surface area contributed by atoms with E-state index in [1.807, 2.05) is 0 Å². The van der Waals surface area contributed by atoms with E-state index >= 15 is 0 Å². The minimum Gasteiger partial charge on any atom is -0.493 e. The highest BCUT2D eigenvalue weighted by Crippen LogP contribution is 2.44. The van der Waals surface area contributed by atoms with Crippen LogP contribution in [0.1, 0.15) is 37.7 Å². The number of ketones is 1. The maximum Gasteiger partial charge on any atom is 0.254 e. The number of hydrogen-bond acceptors (Lipinski definition) is 5. The molecule has 0 saturated heterocycles. The Morgan fingerprint density at radius 2 is 1.82 bits per heavy atom. The van der Waals surface area contributed by atoms with E-state index in [2.05, 4.69) is 10.6 Å². The molecule has 0 fully saturated rings. The van der Waals surface area contributed by atoms with Crippen LogP contribution in [0.25, 0.3) is 0 Å². The summed E-state index contributed by atoms with van der Waals surface area (Å²) in [4.78, 5) is 26.4. The lowest BCUT2D eigenvalue weighted by molar-refractivity contribution is -0.116. The summed E-state index contributed by atoms with van der Waals surface area (Å²) >= 11 is 0. The van der Waals surface area contributed by atoms with Gasteiger partial charge in [-0.15, -0.1) is 0 Å². The largest absolute Gasteiger partial charge is 0.493 e. The Balaban J connectivity index is 1.82. The van der Waals surface area contributed by atoms with E-state index in [9.17, 15) is 18.4 Å². The number of rotatable bonds is 5. The molecule has 4 rings (SSSR count). The van der Waals surface area contributed by atoms with Gasteiger partial charge < -0.3 is 20.1 Å². The maximum absolute atomic E-state index is 14.2. The predicted molar refractivity (Wildman–Crippen MR) is 119 cm³/mol. The minimum atomic E-state index is -0.887. The van der Waals surface area contributed by atoms with Gasteiger partial charge in [-0.25, -0.2) is 8.78 Å². The summed E-state index contributed by atoms with van der Waals surface area (Å²) in [5.74, 6) is -1.98. The zero-order valence-electron chi connectivity index (χ0n) is 18.6. The highest BCUT2D eigenvalue weighted by molar-refractivity contribution is 6.09. The van der Waals surface area contributed by atoms with Crippen molar-refractivity contribution < 1.29 is 27.8 Å².